The van der Waals surface area contributed by atoms with Crippen LogP contribution in [0.4, 0.5) is 5.00 Å². The van der Waals surface area contributed by atoms with E-state index in [0.717, 1.165) is 55.4 Å². The summed E-state index contributed by atoms with van der Waals surface area (Å²) in [6.45, 7) is 6.76. The van der Waals surface area contributed by atoms with E-state index in [1.807, 2.05) is 0 Å². The summed E-state index contributed by atoms with van der Waals surface area (Å²) in [7, 11) is 0. The van der Waals surface area contributed by atoms with E-state index in [1.165, 1.54) is 16.2 Å². The van der Waals surface area contributed by atoms with E-state index < -0.39 is 5.91 Å². The topological polar surface area (TPSA) is 110 Å². The van der Waals surface area contributed by atoms with Crippen molar-refractivity contribution in [3.63, 3.8) is 0 Å². The molecular formula is C24H33N3O4S. The number of hydrogen-bond donors (Lipinski definition) is 2. The molecular weight excluding hydrogens is 426 g/mol. The third-order valence-corrected chi connectivity index (χ3v) is 8.65. The van der Waals surface area contributed by atoms with Gasteiger partial charge in [0.25, 0.3) is 5.91 Å². The van der Waals surface area contributed by atoms with Crippen LogP contribution >= 0.6 is 11.3 Å². The Hall–Kier alpha value is -2.22. The number of hydrogen-bond acceptors (Lipinski definition) is 5. The maximum atomic E-state index is 12.7. The summed E-state index contributed by atoms with van der Waals surface area (Å²) < 4.78 is 0. The van der Waals surface area contributed by atoms with Gasteiger partial charge in [-0.05, 0) is 49.0 Å². The van der Waals surface area contributed by atoms with Crippen LogP contribution in [0.2, 0.25) is 0 Å². The Morgan fingerprint density at radius 3 is 2.28 bits per heavy atom. The highest BCUT2D eigenvalue weighted by molar-refractivity contribution is 7.17. The summed E-state index contributed by atoms with van der Waals surface area (Å²) in [6.07, 6.45) is 6.13. The Morgan fingerprint density at radius 2 is 1.72 bits per heavy atom. The second kappa shape index (κ2) is 8.61. The van der Waals surface area contributed by atoms with Crippen molar-refractivity contribution < 1.29 is 19.2 Å². The normalized spacial score (nSPS) is 25.5. The molecule has 1 saturated heterocycles. The maximum absolute atomic E-state index is 12.7. The lowest BCUT2D eigenvalue weighted by molar-refractivity contribution is -0.140. The molecule has 0 bridgehead atoms. The van der Waals surface area contributed by atoms with E-state index in [4.69, 9.17) is 5.73 Å². The minimum absolute atomic E-state index is 0.0162. The fraction of sp³-hybridized carbons (Fsp3) is 0.667. The van der Waals surface area contributed by atoms with Crippen molar-refractivity contribution in [1.29, 1.82) is 0 Å². The van der Waals surface area contributed by atoms with Crippen LogP contribution in [0.25, 0.3) is 0 Å². The third kappa shape index (κ3) is 4.21. The number of thiophene rings is 1. The number of amides is 4. The van der Waals surface area contributed by atoms with Crippen LogP contribution in [0.5, 0.6) is 0 Å². The van der Waals surface area contributed by atoms with Crippen molar-refractivity contribution in [3.8, 4) is 0 Å². The summed E-state index contributed by atoms with van der Waals surface area (Å²) in [5.74, 6) is -1.01. The second-order valence-corrected chi connectivity index (χ2v) is 11.6. The minimum atomic E-state index is -0.527. The second-order valence-electron chi connectivity index (χ2n) is 10.5. The van der Waals surface area contributed by atoms with Crippen LogP contribution in [0, 0.1) is 23.2 Å². The van der Waals surface area contributed by atoms with Crippen molar-refractivity contribution >= 4 is 40.0 Å². The van der Waals surface area contributed by atoms with E-state index in [9.17, 15) is 19.2 Å². The first-order chi connectivity index (χ1) is 15.1. The average molecular weight is 460 g/mol. The monoisotopic (exact) mass is 459 g/mol. The molecule has 2 aliphatic carbocycles. The molecule has 8 heteroatoms. The molecule has 0 unspecified atom stereocenters. The van der Waals surface area contributed by atoms with Gasteiger partial charge in [-0.25, -0.2) is 0 Å². The number of nitrogens with one attached hydrogen (secondary N) is 1. The molecule has 3 atom stereocenters. The van der Waals surface area contributed by atoms with Gasteiger partial charge in [0, 0.05) is 17.8 Å². The number of imide groups is 1. The van der Waals surface area contributed by atoms with Gasteiger partial charge in [0.2, 0.25) is 17.7 Å². The highest BCUT2D eigenvalue weighted by atomic mass is 32.1. The molecule has 0 radical (unpaired) electrons. The number of carbonyl (C=O) groups is 4. The Labute approximate surface area is 193 Å². The van der Waals surface area contributed by atoms with Crippen molar-refractivity contribution in [1.82, 2.24) is 4.90 Å². The van der Waals surface area contributed by atoms with Crippen molar-refractivity contribution in [2.75, 3.05) is 11.9 Å². The largest absolute Gasteiger partial charge is 0.365 e. The standard InChI is InChI=1S/C24H33N3O4S/c1-24(2,3)13-8-9-16-17(12-13)32-21(19(16)20(25)29)26-18(28)10-11-27-22(30)14-6-4-5-7-15(14)23(27)31/h13-15H,4-12H2,1-3H3,(H2,25,29)(H,26,28)/t13-,14-,15+/m0/s1. The summed E-state index contributed by atoms with van der Waals surface area (Å²) in [5.41, 5.74) is 7.23. The first kappa shape index (κ1) is 23.0. The van der Waals surface area contributed by atoms with Crippen molar-refractivity contribution in [2.24, 2.45) is 28.9 Å². The highest BCUT2D eigenvalue weighted by Crippen LogP contribution is 2.44. The number of anilines is 1. The summed E-state index contributed by atoms with van der Waals surface area (Å²) in [4.78, 5) is 52.5. The first-order valence-corrected chi connectivity index (χ1v) is 12.5. The van der Waals surface area contributed by atoms with Crippen LogP contribution in [0.1, 0.15) is 80.1 Å². The Balaban J connectivity index is 1.44. The molecule has 1 saturated carbocycles. The smallest absolute Gasteiger partial charge is 0.251 e. The number of rotatable bonds is 5. The lowest BCUT2D eigenvalue weighted by Crippen LogP contribution is -2.34. The van der Waals surface area contributed by atoms with Crippen molar-refractivity contribution in [2.45, 2.75) is 72.1 Å². The van der Waals surface area contributed by atoms with Gasteiger partial charge >= 0.3 is 0 Å². The molecule has 0 spiro atoms. The van der Waals surface area contributed by atoms with Gasteiger partial charge < -0.3 is 11.1 Å². The molecule has 32 heavy (non-hydrogen) atoms. The Kier molecular flexibility index (Phi) is 6.18. The molecule has 4 rings (SSSR count). The minimum Gasteiger partial charge on any atom is -0.365 e. The molecule has 4 amide bonds. The van der Waals surface area contributed by atoms with Gasteiger partial charge in [-0.1, -0.05) is 33.6 Å². The molecule has 1 aromatic heterocycles. The first-order valence-electron chi connectivity index (χ1n) is 11.7. The van der Waals surface area contributed by atoms with Gasteiger partial charge in [0.1, 0.15) is 5.00 Å². The molecule has 1 aliphatic heterocycles. The molecule has 3 aliphatic rings. The number of nitrogens with two attached hydrogens (primary N) is 1. The van der Waals surface area contributed by atoms with Gasteiger partial charge in [0.15, 0.2) is 0 Å². The fourth-order valence-corrected chi connectivity index (χ4v) is 6.88. The van der Waals surface area contributed by atoms with Gasteiger partial charge in [-0.15, -0.1) is 11.3 Å². The molecule has 2 fully saturated rings. The number of primary amides is 1. The number of likely N-dealkylation sites (tertiary alicyclic amines) is 1. The molecule has 1 aromatic rings. The zero-order chi connectivity index (χ0) is 23.2. The number of carbonyl (C=O) groups excluding carboxylic acids is 4. The number of fused-ring (bicyclic) bond motifs is 2. The van der Waals surface area contributed by atoms with Crippen LogP contribution in [0.3, 0.4) is 0 Å². The fourth-order valence-electron chi connectivity index (χ4n) is 5.53. The summed E-state index contributed by atoms with van der Waals surface area (Å²) in [5, 5.41) is 3.34. The maximum Gasteiger partial charge on any atom is 0.251 e. The lowest BCUT2D eigenvalue weighted by atomic mass is 9.72. The Bertz CT molecular complexity index is 937. The lowest BCUT2D eigenvalue weighted by Gasteiger charge is -2.33. The van der Waals surface area contributed by atoms with E-state index in [2.05, 4.69) is 26.1 Å². The molecule has 2 heterocycles. The molecule has 7 nitrogen and oxygen atoms in total. The molecule has 3 N–H and O–H groups in total. The van der Waals surface area contributed by atoms with Crippen LogP contribution in [-0.4, -0.2) is 35.1 Å². The van der Waals surface area contributed by atoms with E-state index in [-0.39, 0.29) is 47.9 Å². The van der Waals surface area contributed by atoms with Gasteiger partial charge in [-0.3, -0.25) is 24.1 Å². The summed E-state index contributed by atoms with van der Waals surface area (Å²) in [6, 6.07) is 0. The van der Waals surface area contributed by atoms with Gasteiger partial charge in [0.05, 0.1) is 17.4 Å². The Morgan fingerprint density at radius 1 is 1.09 bits per heavy atom. The average Bonchev–Trinajstić information content (AvgIpc) is 3.20. The zero-order valence-electron chi connectivity index (χ0n) is 19.2. The van der Waals surface area contributed by atoms with Crippen LogP contribution in [0.15, 0.2) is 0 Å². The van der Waals surface area contributed by atoms with E-state index in [1.54, 1.807) is 0 Å². The predicted molar refractivity (Wildman–Crippen MR) is 123 cm³/mol. The quantitative estimate of drug-likeness (QED) is 0.657. The summed E-state index contributed by atoms with van der Waals surface area (Å²) >= 11 is 1.43. The van der Waals surface area contributed by atoms with Crippen LogP contribution < -0.4 is 11.1 Å². The van der Waals surface area contributed by atoms with E-state index in [0.29, 0.717) is 16.5 Å². The van der Waals surface area contributed by atoms with E-state index >= 15 is 0 Å². The third-order valence-electron chi connectivity index (χ3n) is 7.48. The van der Waals surface area contributed by atoms with Crippen molar-refractivity contribution in [3.05, 3.63) is 16.0 Å². The number of nitrogens with zero attached hydrogens (tertiary/aromatic N) is 1. The molecule has 174 valence electrons. The molecule has 0 aromatic carbocycles. The predicted octanol–water partition coefficient (Wildman–Crippen LogP) is 3.50. The highest BCUT2D eigenvalue weighted by Gasteiger charge is 2.47. The van der Waals surface area contributed by atoms with Crippen LogP contribution in [-0.2, 0) is 27.2 Å². The van der Waals surface area contributed by atoms with Gasteiger partial charge in [-0.2, -0.15) is 0 Å². The zero-order valence-corrected chi connectivity index (χ0v) is 20.0. The SMILES string of the molecule is CC(C)(C)[C@H]1CCc2c(sc(NC(=O)CCN3C(=O)[C@H]4CCCC[C@H]4C3=O)c2C(N)=O)C1.